The Hall–Kier alpha value is -1.56. The third-order valence-corrected chi connectivity index (χ3v) is 4.80. The molecule has 0 aliphatic rings. The van der Waals surface area contributed by atoms with Crippen molar-refractivity contribution >= 4 is 26.7 Å². The Morgan fingerprint density at radius 2 is 2.11 bits per heavy atom. The molecule has 0 atom stereocenters. The average molecular weight is 267 g/mol. The molecule has 98 valence electrons. The normalized spacial score (nSPS) is 11.9. The highest BCUT2D eigenvalue weighted by molar-refractivity contribution is 7.92. The fourth-order valence-corrected chi connectivity index (χ4v) is 3.10. The van der Waals surface area contributed by atoms with E-state index in [0.717, 1.165) is 16.9 Å². The molecule has 6 heteroatoms. The molecule has 2 aromatic rings. The van der Waals surface area contributed by atoms with Crippen molar-refractivity contribution in [2.45, 2.75) is 20.3 Å². The Kier molecular flexibility index (Phi) is 3.30. The highest BCUT2D eigenvalue weighted by Crippen LogP contribution is 2.22. The number of aryl methyl sites for hydroxylation is 1. The predicted octanol–water partition coefficient (Wildman–Crippen LogP) is 2.05. The van der Waals surface area contributed by atoms with Crippen LogP contribution in [0.25, 0.3) is 11.0 Å². The first-order chi connectivity index (χ1) is 8.44. The fraction of sp³-hybridized carbons (Fsp3) is 0.417. The van der Waals surface area contributed by atoms with Gasteiger partial charge in [0.25, 0.3) is 0 Å². The molecule has 0 radical (unpaired) electrons. The molecule has 18 heavy (non-hydrogen) atoms. The largest absolute Gasteiger partial charge is 0.342 e. The van der Waals surface area contributed by atoms with Gasteiger partial charge in [0.1, 0.15) is 5.82 Å². The lowest BCUT2D eigenvalue weighted by Crippen LogP contribution is -2.28. The van der Waals surface area contributed by atoms with E-state index >= 15 is 0 Å². The molecule has 0 aliphatic heterocycles. The van der Waals surface area contributed by atoms with Crippen LogP contribution in [0.1, 0.15) is 19.2 Å². The van der Waals surface area contributed by atoms with Crippen molar-refractivity contribution in [1.29, 1.82) is 0 Å². The van der Waals surface area contributed by atoms with Crippen LogP contribution in [0.2, 0.25) is 0 Å². The van der Waals surface area contributed by atoms with Crippen molar-refractivity contribution in [1.82, 2.24) is 9.97 Å². The Bertz CT molecular complexity index is 661. The molecule has 1 aromatic heterocycles. The molecule has 0 bridgehead atoms. The maximum atomic E-state index is 12.0. The predicted molar refractivity (Wildman–Crippen MR) is 73.3 cm³/mol. The van der Waals surface area contributed by atoms with Gasteiger partial charge in [-0.2, -0.15) is 0 Å². The quantitative estimate of drug-likeness (QED) is 0.922. The molecule has 0 spiro atoms. The molecule has 1 aromatic carbocycles. The molecule has 0 aliphatic carbocycles. The van der Waals surface area contributed by atoms with Gasteiger partial charge in [0.15, 0.2) is 0 Å². The van der Waals surface area contributed by atoms with Gasteiger partial charge in [-0.3, -0.25) is 4.31 Å². The number of hydrogen-bond donors (Lipinski definition) is 1. The minimum Gasteiger partial charge on any atom is -0.342 e. The van der Waals surface area contributed by atoms with E-state index in [2.05, 4.69) is 9.97 Å². The standard InChI is InChI=1S/C12H17N3O2S/c1-4-7-18(16,17)15(3)10-5-6-11-12(8-10)14-9(2)13-11/h5-6,8H,4,7H2,1-3H3,(H,13,14). The third kappa shape index (κ3) is 2.33. The van der Waals surface area contributed by atoms with Crippen LogP contribution in [-0.4, -0.2) is 31.2 Å². The number of H-pyrrole nitrogens is 1. The molecule has 5 nitrogen and oxygen atoms in total. The second-order valence-electron chi connectivity index (χ2n) is 4.31. The lowest BCUT2D eigenvalue weighted by Gasteiger charge is -2.18. The topological polar surface area (TPSA) is 66.1 Å². The first-order valence-corrected chi connectivity index (χ1v) is 7.48. The van der Waals surface area contributed by atoms with Crippen LogP contribution < -0.4 is 4.31 Å². The molecule has 0 unspecified atom stereocenters. The van der Waals surface area contributed by atoms with Crippen LogP contribution in [0, 0.1) is 6.92 Å². The summed E-state index contributed by atoms with van der Waals surface area (Å²) in [5, 5.41) is 0. The van der Waals surface area contributed by atoms with Crippen LogP contribution in [0.5, 0.6) is 0 Å². The molecule has 1 heterocycles. The van der Waals surface area contributed by atoms with E-state index in [1.807, 2.05) is 26.0 Å². The molecular formula is C12H17N3O2S. The third-order valence-electron chi connectivity index (χ3n) is 2.83. The van der Waals surface area contributed by atoms with Crippen molar-refractivity contribution in [3.63, 3.8) is 0 Å². The van der Waals surface area contributed by atoms with Gasteiger partial charge < -0.3 is 4.98 Å². The van der Waals surface area contributed by atoms with Gasteiger partial charge in [-0.05, 0) is 31.5 Å². The number of nitrogens with one attached hydrogen (secondary N) is 1. The summed E-state index contributed by atoms with van der Waals surface area (Å²) < 4.78 is 25.3. The SMILES string of the molecule is CCCS(=O)(=O)N(C)c1ccc2nc(C)[nH]c2c1. The van der Waals surface area contributed by atoms with Crippen LogP contribution in [0.15, 0.2) is 18.2 Å². The fourth-order valence-electron chi connectivity index (χ4n) is 1.88. The number of aromatic amines is 1. The maximum absolute atomic E-state index is 12.0. The van der Waals surface area contributed by atoms with Crippen molar-refractivity contribution in [3.05, 3.63) is 24.0 Å². The number of sulfonamides is 1. The summed E-state index contributed by atoms with van der Waals surface area (Å²) in [5.74, 6) is 0.977. The number of anilines is 1. The molecule has 0 fully saturated rings. The average Bonchev–Trinajstić information content (AvgIpc) is 2.66. The monoisotopic (exact) mass is 267 g/mol. The van der Waals surface area contributed by atoms with E-state index in [-0.39, 0.29) is 5.75 Å². The molecule has 1 N–H and O–H groups in total. The van der Waals surface area contributed by atoms with E-state index < -0.39 is 10.0 Å². The lowest BCUT2D eigenvalue weighted by atomic mass is 10.3. The van der Waals surface area contributed by atoms with Crippen LogP contribution in [0.3, 0.4) is 0 Å². The van der Waals surface area contributed by atoms with E-state index in [0.29, 0.717) is 12.1 Å². The highest BCUT2D eigenvalue weighted by Gasteiger charge is 2.17. The van der Waals surface area contributed by atoms with Gasteiger partial charge in [-0.1, -0.05) is 6.92 Å². The van der Waals surface area contributed by atoms with Crippen molar-refractivity contribution in [2.75, 3.05) is 17.1 Å². The van der Waals surface area contributed by atoms with Crippen LogP contribution >= 0.6 is 0 Å². The summed E-state index contributed by atoms with van der Waals surface area (Å²) >= 11 is 0. The number of fused-ring (bicyclic) bond motifs is 1. The van der Waals surface area contributed by atoms with Gasteiger partial charge in [-0.15, -0.1) is 0 Å². The number of aromatic nitrogens is 2. The second-order valence-corrected chi connectivity index (χ2v) is 6.43. The zero-order chi connectivity index (χ0) is 13.3. The number of rotatable bonds is 4. The first-order valence-electron chi connectivity index (χ1n) is 5.87. The van der Waals surface area contributed by atoms with Gasteiger partial charge in [0.2, 0.25) is 10.0 Å². The summed E-state index contributed by atoms with van der Waals surface area (Å²) in [7, 11) is -1.65. The smallest absolute Gasteiger partial charge is 0.234 e. The summed E-state index contributed by atoms with van der Waals surface area (Å²) in [6.45, 7) is 3.73. The van der Waals surface area contributed by atoms with Crippen molar-refractivity contribution in [3.8, 4) is 0 Å². The lowest BCUT2D eigenvalue weighted by molar-refractivity contribution is 0.593. The molecular weight excluding hydrogens is 250 g/mol. The second kappa shape index (κ2) is 4.61. The van der Waals surface area contributed by atoms with E-state index in [1.165, 1.54) is 4.31 Å². The minimum absolute atomic E-state index is 0.156. The van der Waals surface area contributed by atoms with Crippen LogP contribution in [0.4, 0.5) is 5.69 Å². The van der Waals surface area contributed by atoms with Crippen molar-refractivity contribution in [2.24, 2.45) is 0 Å². The van der Waals surface area contributed by atoms with Crippen molar-refractivity contribution < 1.29 is 8.42 Å². The van der Waals surface area contributed by atoms with Gasteiger partial charge in [-0.25, -0.2) is 13.4 Å². The Labute approximate surface area is 107 Å². The van der Waals surface area contributed by atoms with E-state index in [9.17, 15) is 8.42 Å². The maximum Gasteiger partial charge on any atom is 0.234 e. The van der Waals surface area contributed by atoms with Gasteiger partial charge >= 0.3 is 0 Å². The minimum atomic E-state index is -3.23. The summed E-state index contributed by atoms with van der Waals surface area (Å²) in [6.07, 6.45) is 0.609. The first kappa shape index (κ1) is 12.9. The van der Waals surface area contributed by atoms with E-state index in [1.54, 1.807) is 13.1 Å². The molecule has 2 rings (SSSR count). The molecule has 0 saturated heterocycles. The van der Waals surface area contributed by atoms with Gasteiger partial charge in [0, 0.05) is 7.05 Å². The Morgan fingerprint density at radius 1 is 1.39 bits per heavy atom. The highest BCUT2D eigenvalue weighted by atomic mass is 32.2. The summed E-state index contributed by atoms with van der Waals surface area (Å²) in [6, 6.07) is 5.41. The summed E-state index contributed by atoms with van der Waals surface area (Å²) in [5.41, 5.74) is 2.35. The zero-order valence-corrected chi connectivity index (χ0v) is 11.6. The number of nitrogens with zero attached hydrogens (tertiary/aromatic N) is 2. The number of imidazole rings is 1. The Morgan fingerprint density at radius 3 is 2.78 bits per heavy atom. The number of hydrogen-bond acceptors (Lipinski definition) is 3. The molecule has 0 saturated carbocycles. The molecule has 0 amide bonds. The van der Waals surface area contributed by atoms with Crippen LogP contribution in [-0.2, 0) is 10.0 Å². The van der Waals surface area contributed by atoms with E-state index in [4.69, 9.17) is 0 Å². The van der Waals surface area contributed by atoms with Gasteiger partial charge in [0.05, 0.1) is 22.5 Å². The zero-order valence-electron chi connectivity index (χ0n) is 10.8. The number of benzene rings is 1. The summed E-state index contributed by atoms with van der Waals surface area (Å²) in [4.78, 5) is 7.39. The Balaban J connectivity index is 2.41.